The monoisotopic (exact) mass is 332 g/mol. The summed E-state index contributed by atoms with van der Waals surface area (Å²) in [6.07, 6.45) is 1.79. The number of fused-ring (bicyclic) bond motifs is 1. The first-order valence-electron chi connectivity index (χ1n) is 6.91. The predicted octanol–water partition coefficient (Wildman–Crippen LogP) is 5.73. The summed E-state index contributed by atoms with van der Waals surface area (Å²) >= 11 is 18.2. The maximum atomic E-state index is 6.17. The molecule has 1 heterocycles. The summed E-state index contributed by atoms with van der Waals surface area (Å²) in [6.45, 7) is 6.64. The van der Waals surface area contributed by atoms with E-state index in [1.54, 1.807) is 0 Å². The van der Waals surface area contributed by atoms with Crippen LogP contribution in [0.1, 0.15) is 39.1 Å². The van der Waals surface area contributed by atoms with Gasteiger partial charge in [0.15, 0.2) is 0 Å². The largest absolute Gasteiger partial charge is 0.325 e. The lowest BCUT2D eigenvalue weighted by molar-refractivity contribution is 0.365. The molecule has 0 spiro atoms. The SMILES string of the molecule is CCC(C(C)C)n1c(CCCl)nc2cc(Cl)c(Cl)cc21. The summed E-state index contributed by atoms with van der Waals surface area (Å²) < 4.78 is 2.28. The molecular formula is C15H19Cl3N2. The Morgan fingerprint density at radius 2 is 1.85 bits per heavy atom. The molecular weight excluding hydrogens is 315 g/mol. The molecule has 20 heavy (non-hydrogen) atoms. The minimum atomic E-state index is 0.385. The van der Waals surface area contributed by atoms with E-state index in [4.69, 9.17) is 39.8 Å². The molecule has 2 aromatic rings. The molecule has 0 bridgehead atoms. The van der Waals surface area contributed by atoms with Crippen LogP contribution in [0.2, 0.25) is 10.0 Å². The zero-order chi connectivity index (χ0) is 14.9. The van der Waals surface area contributed by atoms with E-state index < -0.39 is 0 Å². The maximum absolute atomic E-state index is 6.17. The van der Waals surface area contributed by atoms with Gasteiger partial charge in [-0.25, -0.2) is 4.98 Å². The first-order chi connectivity index (χ1) is 9.49. The number of imidazole rings is 1. The number of hydrogen-bond acceptors (Lipinski definition) is 1. The summed E-state index contributed by atoms with van der Waals surface area (Å²) in [5.74, 6) is 2.08. The zero-order valence-electron chi connectivity index (χ0n) is 12.0. The van der Waals surface area contributed by atoms with Gasteiger partial charge in [0.25, 0.3) is 0 Å². The number of alkyl halides is 1. The number of nitrogens with zero attached hydrogens (tertiary/aromatic N) is 2. The standard InChI is InChI=1S/C15H19Cl3N2/c1-4-13(9(2)3)20-14-8-11(18)10(17)7-12(14)19-15(20)5-6-16/h7-9,13H,4-6H2,1-3H3. The Labute approximate surface area is 135 Å². The van der Waals surface area contributed by atoms with Crippen LogP contribution >= 0.6 is 34.8 Å². The highest BCUT2D eigenvalue weighted by Gasteiger charge is 2.21. The van der Waals surface area contributed by atoms with E-state index in [1.807, 2.05) is 12.1 Å². The quantitative estimate of drug-likeness (QED) is 0.639. The molecule has 2 rings (SSSR count). The zero-order valence-corrected chi connectivity index (χ0v) is 14.2. The Kier molecular flexibility index (Phi) is 5.22. The first kappa shape index (κ1) is 15.9. The second-order valence-electron chi connectivity index (χ2n) is 5.31. The van der Waals surface area contributed by atoms with Gasteiger partial charge < -0.3 is 4.57 Å². The van der Waals surface area contributed by atoms with Crippen LogP contribution in [-0.2, 0) is 6.42 Å². The number of hydrogen-bond donors (Lipinski definition) is 0. The fraction of sp³-hybridized carbons (Fsp3) is 0.533. The molecule has 0 radical (unpaired) electrons. The Bertz CT molecular complexity index is 605. The summed E-state index contributed by atoms with van der Waals surface area (Å²) in [7, 11) is 0. The smallest absolute Gasteiger partial charge is 0.111 e. The Balaban J connectivity index is 2.70. The number of aromatic nitrogens is 2. The van der Waals surface area contributed by atoms with Crippen LogP contribution in [0, 0.1) is 5.92 Å². The summed E-state index contributed by atoms with van der Waals surface area (Å²) in [4.78, 5) is 4.69. The van der Waals surface area contributed by atoms with Gasteiger partial charge in [-0.1, -0.05) is 44.0 Å². The Morgan fingerprint density at radius 1 is 1.20 bits per heavy atom. The molecule has 1 atom stereocenters. The van der Waals surface area contributed by atoms with Gasteiger partial charge in [-0.05, 0) is 24.5 Å². The fourth-order valence-corrected chi connectivity index (χ4v) is 3.21. The highest BCUT2D eigenvalue weighted by Crippen LogP contribution is 2.33. The molecule has 0 N–H and O–H groups in total. The van der Waals surface area contributed by atoms with Gasteiger partial charge in [0.1, 0.15) is 5.82 Å². The Morgan fingerprint density at radius 3 is 2.40 bits per heavy atom. The highest BCUT2D eigenvalue weighted by molar-refractivity contribution is 6.42. The number of aryl methyl sites for hydroxylation is 1. The van der Waals surface area contributed by atoms with Crippen molar-refractivity contribution in [2.75, 3.05) is 5.88 Å². The van der Waals surface area contributed by atoms with Crippen LogP contribution in [0.5, 0.6) is 0 Å². The third-order valence-corrected chi connectivity index (χ3v) is 4.55. The van der Waals surface area contributed by atoms with Crippen molar-refractivity contribution in [1.82, 2.24) is 9.55 Å². The first-order valence-corrected chi connectivity index (χ1v) is 8.20. The molecule has 0 aliphatic carbocycles. The topological polar surface area (TPSA) is 17.8 Å². The van der Waals surface area contributed by atoms with Crippen molar-refractivity contribution in [1.29, 1.82) is 0 Å². The van der Waals surface area contributed by atoms with Gasteiger partial charge in [0, 0.05) is 18.3 Å². The van der Waals surface area contributed by atoms with E-state index >= 15 is 0 Å². The van der Waals surface area contributed by atoms with E-state index in [2.05, 4.69) is 25.3 Å². The van der Waals surface area contributed by atoms with E-state index in [-0.39, 0.29) is 0 Å². The van der Waals surface area contributed by atoms with E-state index in [0.29, 0.717) is 27.9 Å². The number of benzene rings is 1. The van der Waals surface area contributed by atoms with Crippen molar-refractivity contribution >= 4 is 45.8 Å². The molecule has 5 heteroatoms. The lowest BCUT2D eigenvalue weighted by atomic mass is 10.0. The van der Waals surface area contributed by atoms with Gasteiger partial charge in [0.2, 0.25) is 0 Å². The molecule has 1 unspecified atom stereocenters. The van der Waals surface area contributed by atoms with Crippen molar-refractivity contribution in [2.24, 2.45) is 5.92 Å². The van der Waals surface area contributed by atoms with Crippen molar-refractivity contribution in [2.45, 2.75) is 39.7 Å². The van der Waals surface area contributed by atoms with Gasteiger partial charge in [-0.2, -0.15) is 0 Å². The average Bonchev–Trinajstić information content (AvgIpc) is 2.70. The molecule has 0 amide bonds. The van der Waals surface area contributed by atoms with E-state index in [9.17, 15) is 0 Å². The van der Waals surface area contributed by atoms with Crippen molar-refractivity contribution in [3.63, 3.8) is 0 Å². The molecule has 0 saturated heterocycles. The van der Waals surface area contributed by atoms with Crippen LogP contribution in [0.3, 0.4) is 0 Å². The molecule has 1 aromatic carbocycles. The molecule has 0 fully saturated rings. The van der Waals surface area contributed by atoms with Crippen molar-refractivity contribution in [3.05, 3.63) is 28.0 Å². The van der Waals surface area contributed by atoms with Crippen LogP contribution in [0.4, 0.5) is 0 Å². The predicted molar refractivity (Wildman–Crippen MR) is 88.3 cm³/mol. The molecule has 0 aliphatic rings. The number of rotatable bonds is 5. The van der Waals surface area contributed by atoms with Gasteiger partial charge >= 0.3 is 0 Å². The highest BCUT2D eigenvalue weighted by atomic mass is 35.5. The molecule has 1 aromatic heterocycles. The van der Waals surface area contributed by atoms with Crippen molar-refractivity contribution < 1.29 is 0 Å². The van der Waals surface area contributed by atoms with Crippen LogP contribution < -0.4 is 0 Å². The third-order valence-electron chi connectivity index (χ3n) is 3.64. The maximum Gasteiger partial charge on any atom is 0.111 e. The Hall–Kier alpha value is -0.440. The average molecular weight is 334 g/mol. The van der Waals surface area contributed by atoms with Crippen molar-refractivity contribution in [3.8, 4) is 0 Å². The summed E-state index contributed by atoms with van der Waals surface area (Å²) in [6, 6.07) is 4.13. The third kappa shape index (κ3) is 2.93. The second-order valence-corrected chi connectivity index (χ2v) is 6.50. The van der Waals surface area contributed by atoms with Crippen LogP contribution in [0.25, 0.3) is 11.0 Å². The lowest BCUT2D eigenvalue weighted by Gasteiger charge is -2.24. The second kappa shape index (κ2) is 6.55. The molecule has 2 nitrogen and oxygen atoms in total. The van der Waals surface area contributed by atoms with Crippen LogP contribution in [-0.4, -0.2) is 15.4 Å². The fourth-order valence-electron chi connectivity index (χ4n) is 2.72. The molecule has 0 aliphatic heterocycles. The summed E-state index contributed by atoms with van der Waals surface area (Å²) in [5, 5.41) is 1.11. The van der Waals surface area contributed by atoms with Gasteiger partial charge in [0.05, 0.1) is 21.1 Å². The van der Waals surface area contributed by atoms with E-state index in [0.717, 1.165) is 29.7 Å². The van der Waals surface area contributed by atoms with Gasteiger partial charge in [-0.15, -0.1) is 11.6 Å². The molecule has 110 valence electrons. The van der Waals surface area contributed by atoms with E-state index in [1.165, 1.54) is 0 Å². The van der Waals surface area contributed by atoms with Gasteiger partial charge in [-0.3, -0.25) is 0 Å². The van der Waals surface area contributed by atoms with Crippen LogP contribution in [0.15, 0.2) is 12.1 Å². The molecule has 0 saturated carbocycles. The minimum Gasteiger partial charge on any atom is -0.325 e. The summed E-state index contributed by atoms with van der Waals surface area (Å²) in [5.41, 5.74) is 1.93. The lowest BCUT2D eigenvalue weighted by Crippen LogP contribution is -2.17. The normalized spacial score (nSPS) is 13.3. The number of halogens is 3. The minimum absolute atomic E-state index is 0.385.